The molecule has 0 spiro atoms. The normalized spacial score (nSPS) is 12.3. The molecule has 0 fully saturated rings. The molecule has 1 atom stereocenters. The molecule has 0 aliphatic carbocycles. The van der Waals surface area contributed by atoms with Crippen LogP contribution in [0.2, 0.25) is 0 Å². The second-order valence-electron chi connectivity index (χ2n) is 4.11. The van der Waals surface area contributed by atoms with Gasteiger partial charge in [-0.05, 0) is 19.1 Å². The van der Waals surface area contributed by atoms with E-state index in [-0.39, 0.29) is 0 Å². The van der Waals surface area contributed by atoms with Crippen molar-refractivity contribution < 1.29 is 19.3 Å². The van der Waals surface area contributed by atoms with E-state index in [9.17, 15) is 5.11 Å². The Morgan fingerprint density at radius 3 is 2.26 bits per heavy atom. The first kappa shape index (κ1) is 13.4. The molecule has 1 unspecified atom stereocenters. The Kier molecular flexibility index (Phi) is 3.76. The van der Waals surface area contributed by atoms with Gasteiger partial charge in [-0.3, -0.25) is 4.98 Å². The third-order valence-electron chi connectivity index (χ3n) is 2.99. The van der Waals surface area contributed by atoms with Crippen molar-refractivity contribution in [1.29, 1.82) is 0 Å². The predicted molar refractivity (Wildman–Crippen MR) is 72.0 cm³/mol. The average Bonchev–Trinajstić information content (AvgIpc) is 2.43. The van der Waals surface area contributed by atoms with Gasteiger partial charge in [-0.2, -0.15) is 0 Å². The minimum atomic E-state index is -0.675. The smallest absolute Gasteiger partial charge is 0.203 e. The van der Waals surface area contributed by atoms with Gasteiger partial charge >= 0.3 is 0 Å². The van der Waals surface area contributed by atoms with Crippen molar-refractivity contribution in [2.75, 3.05) is 21.3 Å². The van der Waals surface area contributed by atoms with Crippen LogP contribution < -0.4 is 14.2 Å². The molecule has 102 valence electrons. The first-order valence-electron chi connectivity index (χ1n) is 5.89. The molecule has 1 aromatic carbocycles. The number of pyridine rings is 1. The van der Waals surface area contributed by atoms with Gasteiger partial charge in [0.25, 0.3) is 0 Å². The highest BCUT2D eigenvalue weighted by Crippen LogP contribution is 2.44. The van der Waals surface area contributed by atoms with Gasteiger partial charge in [-0.15, -0.1) is 0 Å². The molecule has 5 nitrogen and oxygen atoms in total. The SMILES string of the molecule is COc1cc2c(C(C)O)nccc2c(OC)c1OC. The van der Waals surface area contributed by atoms with Gasteiger partial charge in [-0.25, -0.2) is 0 Å². The number of hydrogen-bond acceptors (Lipinski definition) is 5. The van der Waals surface area contributed by atoms with Crippen LogP contribution in [0.5, 0.6) is 17.2 Å². The minimum Gasteiger partial charge on any atom is -0.493 e. The third kappa shape index (κ3) is 2.17. The van der Waals surface area contributed by atoms with Gasteiger partial charge in [0.1, 0.15) is 0 Å². The Hall–Kier alpha value is -2.01. The molecule has 5 heteroatoms. The molecule has 1 N–H and O–H groups in total. The molecule has 2 aromatic rings. The van der Waals surface area contributed by atoms with E-state index in [4.69, 9.17) is 14.2 Å². The van der Waals surface area contributed by atoms with Crippen LogP contribution in [0.4, 0.5) is 0 Å². The first-order valence-corrected chi connectivity index (χ1v) is 5.89. The van der Waals surface area contributed by atoms with Gasteiger partial charge in [0.15, 0.2) is 11.5 Å². The Balaban J connectivity index is 2.88. The molecule has 0 aliphatic heterocycles. The van der Waals surface area contributed by atoms with Crippen LogP contribution in [-0.4, -0.2) is 31.4 Å². The summed E-state index contributed by atoms with van der Waals surface area (Å²) in [7, 11) is 4.68. The summed E-state index contributed by atoms with van der Waals surface area (Å²) < 4.78 is 16.1. The maximum atomic E-state index is 9.80. The molecular weight excluding hydrogens is 246 g/mol. The molecule has 2 rings (SSSR count). The monoisotopic (exact) mass is 263 g/mol. The van der Waals surface area contributed by atoms with Crippen molar-refractivity contribution in [2.24, 2.45) is 0 Å². The highest BCUT2D eigenvalue weighted by Gasteiger charge is 2.19. The molecule has 19 heavy (non-hydrogen) atoms. The number of methoxy groups -OCH3 is 3. The van der Waals surface area contributed by atoms with Gasteiger partial charge in [-0.1, -0.05) is 0 Å². The fraction of sp³-hybridized carbons (Fsp3) is 0.357. The van der Waals surface area contributed by atoms with Gasteiger partial charge in [0, 0.05) is 17.0 Å². The number of hydrogen-bond donors (Lipinski definition) is 1. The minimum absolute atomic E-state index is 0.528. The number of ether oxygens (including phenoxy) is 3. The summed E-state index contributed by atoms with van der Waals surface area (Å²) in [5.41, 5.74) is 0.580. The zero-order valence-electron chi connectivity index (χ0n) is 11.4. The van der Waals surface area contributed by atoms with Crippen LogP contribution in [0.3, 0.4) is 0 Å². The lowest BCUT2D eigenvalue weighted by atomic mass is 10.0. The zero-order chi connectivity index (χ0) is 14.0. The zero-order valence-corrected chi connectivity index (χ0v) is 11.4. The van der Waals surface area contributed by atoms with E-state index in [1.54, 1.807) is 40.5 Å². The van der Waals surface area contributed by atoms with Gasteiger partial charge in [0.05, 0.1) is 33.1 Å². The van der Waals surface area contributed by atoms with E-state index in [2.05, 4.69) is 4.98 Å². The summed E-state index contributed by atoms with van der Waals surface area (Å²) in [6.45, 7) is 1.67. The number of aliphatic hydroxyl groups excluding tert-OH is 1. The van der Waals surface area contributed by atoms with E-state index >= 15 is 0 Å². The second kappa shape index (κ2) is 5.32. The number of rotatable bonds is 4. The Morgan fingerprint density at radius 2 is 1.74 bits per heavy atom. The van der Waals surface area contributed by atoms with Crippen LogP contribution in [0.25, 0.3) is 10.8 Å². The van der Waals surface area contributed by atoms with Crippen LogP contribution >= 0.6 is 0 Å². The molecule has 0 saturated heterocycles. The summed E-state index contributed by atoms with van der Waals surface area (Å²) in [6, 6.07) is 3.62. The predicted octanol–water partition coefficient (Wildman–Crippen LogP) is 2.31. The van der Waals surface area contributed by atoms with E-state index < -0.39 is 6.10 Å². The quantitative estimate of drug-likeness (QED) is 0.917. The Bertz CT molecular complexity index is 596. The van der Waals surface area contributed by atoms with Crippen molar-refractivity contribution in [3.05, 3.63) is 24.0 Å². The molecule has 1 heterocycles. The average molecular weight is 263 g/mol. The van der Waals surface area contributed by atoms with E-state index in [1.165, 1.54) is 0 Å². The van der Waals surface area contributed by atoms with E-state index in [0.29, 0.717) is 22.9 Å². The topological polar surface area (TPSA) is 60.8 Å². The van der Waals surface area contributed by atoms with Crippen molar-refractivity contribution in [3.63, 3.8) is 0 Å². The van der Waals surface area contributed by atoms with Crippen molar-refractivity contribution in [1.82, 2.24) is 4.98 Å². The Labute approximate surface area is 111 Å². The van der Waals surface area contributed by atoms with Crippen LogP contribution in [-0.2, 0) is 0 Å². The molecule has 0 bridgehead atoms. The highest BCUT2D eigenvalue weighted by molar-refractivity contribution is 5.94. The van der Waals surface area contributed by atoms with Crippen LogP contribution in [0.1, 0.15) is 18.7 Å². The lowest BCUT2D eigenvalue weighted by molar-refractivity contribution is 0.196. The molecular formula is C14H17NO4. The standard InChI is InChI=1S/C14H17NO4/c1-8(16)12-10-7-11(17-2)14(19-4)13(18-3)9(10)5-6-15-12/h5-8,16H,1-4H3. The first-order chi connectivity index (χ1) is 9.13. The fourth-order valence-corrected chi connectivity index (χ4v) is 2.15. The van der Waals surface area contributed by atoms with Gasteiger partial charge < -0.3 is 19.3 Å². The van der Waals surface area contributed by atoms with Crippen molar-refractivity contribution >= 4 is 10.8 Å². The van der Waals surface area contributed by atoms with Crippen LogP contribution in [0, 0.1) is 0 Å². The molecule has 0 saturated carbocycles. The summed E-state index contributed by atoms with van der Waals surface area (Å²) in [4.78, 5) is 4.21. The maximum Gasteiger partial charge on any atom is 0.203 e. The Morgan fingerprint density at radius 1 is 1.05 bits per heavy atom. The largest absolute Gasteiger partial charge is 0.493 e. The number of fused-ring (bicyclic) bond motifs is 1. The number of aliphatic hydroxyl groups is 1. The number of aromatic nitrogens is 1. The number of benzene rings is 1. The maximum absolute atomic E-state index is 9.80. The molecule has 0 aliphatic rings. The lowest BCUT2D eigenvalue weighted by Gasteiger charge is -2.16. The highest BCUT2D eigenvalue weighted by atomic mass is 16.5. The summed E-state index contributed by atoms with van der Waals surface area (Å²) in [5, 5.41) is 11.4. The van der Waals surface area contributed by atoms with Crippen molar-refractivity contribution in [2.45, 2.75) is 13.0 Å². The number of nitrogens with zero attached hydrogens (tertiary/aromatic N) is 1. The van der Waals surface area contributed by atoms with E-state index in [1.807, 2.05) is 6.07 Å². The summed E-state index contributed by atoms with van der Waals surface area (Å²) in [6.07, 6.45) is 0.963. The van der Waals surface area contributed by atoms with Crippen molar-refractivity contribution in [3.8, 4) is 17.2 Å². The fourth-order valence-electron chi connectivity index (χ4n) is 2.15. The lowest BCUT2D eigenvalue weighted by Crippen LogP contribution is -2.00. The van der Waals surface area contributed by atoms with Gasteiger partial charge in [0.2, 0.25) is 5.75 Å². The van der Waals surface area contributed by atoms with E-state index in [0.717, 1.165) is 10.8 Å². The molecule has 1 aromatic heterocycles. The summed E-state index contributed by atoms with van der Waals surface area (Å²) in [5.74, 6) is 1.64. The molecule has 0 radical (unpaired) electrons. The third-order valence-corrected chi connectivity index (χ3v) is 2.99. The van der Waals surface area contributed by atoms with Crippen LogP contribution in [0.15, 0.2) is 18.3 Å². The second-order valence-corrected chi connectivity index (χ2v) is 4.11. The molecule has 0 amide bonds. The summed E-state index contributed by atoms with van der Waals surface area (Å²) >= 11 is 0.